The average Bonchev–Trinajstić information content (AvgIpc) is 2.82. The molecule has 116 valence electrons. The average molecular weight is 339 g/mol. The van der Waals surface area contributed by atoms with E-state index in [-0.39, 0.29) is 5.91 Å². The Bertz CT molecular complexity index is 751. The van der Waals surface area contributed by atoms with Gasteiger partial charge in [0.05, 0.1) is 4.91 Å². The molecular weight excluding hydrogens is 322 g/mol. The normalized spacial score (nSPS) is 16.4. The molecule has 1 heterocycles. The van der Waals surface area contributed by atoms with Gasteiger partial charge < -0.3 is 0 Å². The van der Waals surface area contributed by atoms with Crippen molar-refractivity contribution in [1.82, 2.24) is 4.90 Å². The first kappa shape index (κ1) is 16.0. The Morgan fingerprint density at radius 3 is 2.48 bits per heavy atom. The van der Waals surface area contributed by atoms with Crippen LogP contribution in [0.15, 0.2) is 59.5 Å². The Labute approximate surface area is 146 Å². The number of carbonyl (C=O) groups excluding carboxylic acids is 1. The number of thiocarbonyl (C=S) groups is 1. The van der Waals surface area contributed by atoms with Crippen LogP contribution in [0.25, 0.3) is 6.08 Å². The van der Waals surface area contributed by atoms with Gasteiger partial charge in [0.15, 0.2) is 0 Å². The third-order valence-electron chi connectivity index (χ3n) is 3.72. The zero-order valence-corrected chi connectivity index (χ0v) is 14.5. The first-order chi connectivity index (χ1) is 11.1. The fraction of sp³-hybridized carbons (Fsp3) is 0.158. The Hall–Kier alpha value is -1.91. The summed E-state index contributed by atoms with van der Waals surface area (Å²) >= 11 is 6.76. The van der Waals surface area contributed by atoms with E-state index in [1.165, 1.54) is 22.9 Å². The fourth-order valence-electron chi connectivity index (χ4n) is 2.39. The van der Waals surface area contributed by atoms with E-state index in [9.17, 15) is 4.79 Å². The summed E-state index contributed by atoms with van der Waals surface area (Å²) < 4.78 is 0.643. The van der Waals surface area contributed by atoms with Gasteiger partial charge in [-0.15, -0.1) is 0 Å². The van der Waals surface area contributed by atoms with Crippen LogP contribution < -0.4 is 0 Å². The molecule has 0 spiro atoms. The topological polar surface area (TPSA) is 20.3 Å². The standard InChI is InChI=1S/C19H17NOS2/c1-14-7-9-16(10-8-14)13-17-18(21)20(19(22)23-17)12-11-15-5-3-2-4-6-15/h2-10,13H,11-12H2,1H3. The van der Waals surface area contributed by atoms with E-state index in [0.29, 0.717) is 15.8 Å². The number of hydrogen-bond donors (Lipinski definition) is 0. The van der Waals surface area contributed by atoms with E-state index in [4.69, 9.17) is 12.2 Å². The highest BCUT2D eigenvalue weighted by Crippen LogP contribution is 2.32. The maximum atomic E-state index is 12.6. The van der Waals surface area contributed by atoms with Crippen LogP contribution in [0.5, 0.6) is 0 Å². The molecule has 2 aromatic rings. The van der Waals surface area contributed by atoms with Crippen molar-refractivity contribution in [2.45, 2.75) is 13.3 Å². The summed E-state index contributed by atoms with van der Waals surface area (Å²) in [6.07, 6.45) is 2.73. The first-order valence-electron chi connectivity index (χ1n) is 7.49. The maximum Gasteiger partial charge on any atom is 0.266 e. The minimum Gasteiger partial charge on any atom is -0.293 e. The number of hydrogen-bond acceptors (Lipinski definition) is 3. The van der Waals surface area contributed by atoms with E-state index >= 15 is 0 Å². The van der Waals surface area contributed by atoms with Crippen LogP contribution in [-0.4, -0.2) is 21.7 Å². The fourth-order valence-corrected chi connectivity index (χ4v) is 3.70. The van der Waals surface area contributed by atoms with Crippen molar-refractivity contribution in [3.8, 4) is 0 Å². The highest BCUT2D eigenvalue weighted by Gasteiger charge is 2.31. The molecule has 1 saturated heterocycles. The molecule has 1 aliphatic rings. The first-order valence-corrected chi connectivity index (χ1v) is 8.72. The summed E-state index contributed by atoms with van der Waals surface area (Å²) in [5.41, 5.74) is 3.45. The molecule has 3 rings (SSSR count). The Kier molecular flexibility index (Phi) is 4.94. The number of benzene rings is 2. The molecule has 0 bridgehead atoms. The largest absolute Gasteiger partial charge is 0.293 e. The monoisotopic (exact) mass is 339 g/mol. The van der Waals surface area contributed by atoms with Gasteiger partial charge in [-0.1, -0.05) is 84.1 Å². The number of nitrogens with zero attached hydrogens (tertiary/aromatic N) is 1. The van der Waals surface area contributed by atoms with Gasteiger partial charge in [0.25, 0.3) is 5.91 Å². The molecule has 0 aromatic heterocycles. The number of amides is 1. The van der Waals surface area contributed by atoms with E-state index in [2.05, 4.69) is 12.1 Å². The lowest BCUT2D eigenvalue weighted by Crippen LogP contribution is -2.30. The lowest BCUT2D eigenvalue weighted by atomic mass is 10.1. The number of aryl methyl sites for hydroxylation is 1. The van der Waals surface area contributed by atoms with Gasteiger partial charge in [-0.2, -0.15) is 0 Å². The van der Waals surface area contributed by atoms with Crippen LogP contribution in [0, 0.1) is 6.92 Å². The highest BCUT2D eigenvalue weighted by atomic mass is 32.2. The van der Waals surface area contributed by atoms with Crippen LogP contribution in [-0.2, 0) is 11.2 Å². The lowest BCUT2D eigenvalue weighted by molar-refractivity contribution is -0.122. The molecule has 0 saturated carbocycles. The van der Waals surface area contributed by atoms with Crippen molar-refractivity contribution in [1.29, 1.82) is 0 Å². The highest BCUT2D eigenvalue weighted by molar-refractivity contribution is 8.26. The Morgan fingerprint density at radius 1 is 1.09 bits per heavy atom. The second-order valence-corrected chi connectivity index (χ2v) is 7.16. The molecule has 23 heavy (non-hydrogen) atoms. The van der Waals surface area contributed by atoms with E-state index in [0.717, 1.165) is 12.0 Å². The second kappa shape index (κ2) is 7.11. The van der Waals surface area contributed by atoms with Gasteiger partial charge in [-0.25, -0.2) is 0 Å². The molecule has 4 heteroatoms. The van der Waals surface area contributed by atoms with Crippen molar-refractivity contribution < 1.29 is 4.79 Å². The minimum atomic E-state index is 0.0107. The predicted octanol–water partition coefficient (Wildman–Crippen LogP) is 4.44. The molecule has 2 nitrogen and oxygen atoms in total. The van der Waals surface area contributed by atoms with Crippen LogP contribution in [0.3, 0.4) is 0 Å². The predicted molar refractivity (Wildman–Crippen MR) is 101 cm³/mol. The summed E-state index contributed by atoms with van der Waals surface area (Å²) in [5, 5.41) is 0. The Morgan fingerprint density at radius 2 is 1.78 bits per heavy atom. The molecule has 0 N–H and O–H groups in total. The molecule has 0 atom stereocenters. The van der Waals surface area contributed by atoms with Gasteiger partial charge in [-0.05, 0) is 30.5 Å². The van der Waals surface area contributed by atoms with Crippen molar-refractivity contribution in [2.75, 3.05) is 6.54 Å². The van der Waals surface area contributed by atoms with Crippen LogP contribution in [0.2, 0.25) is 0 Å². The van der Waals surface area contributed by atoms with Crippen molar-refractivity contribution >= 4 is 40.3 Å². The zero-order valence-electron chi connectivity index (χ0n) is 12.9. The second-order valence-electron chi connectivity index (χ2n) is 5.48. The van der Waals surface area contributed by atoms with Gasteiger partial charge >= 0.3 is 0 Å². The van der Waals surface area contributed by atoms with E-state index in [1.807, 2.05) is 55.5 Å². The van der Waals surface area contributed by atoms with Crippen molar-refractivity contribution in [3.05, 3.63) is 76.2 Å². The number of thioether (sulfide) groups is 1. The molecule has 0 unspecified atom stereocenters. The zero-order chi connectivity index (χ0) is 16.2. The summed E-state index contributed by atoms with van der Waals surface area (Å²) in [5.74, 6) is 0.0107. The number of rotatable bonds is 4. The summed E-state index contributed by atoms with van der Waals surface area (Å²) in [7, 11) is 0. The molecule has 1 aliphatic heterocycles. The molecule has 1 amide bonds. The third-order valence-corrected chi connectivity index (χ3v) is 5.09. The lowest BCUT2D eigenvalue weighted by Gasteiger charge is -2.14. The quantitative estimate of drug-likeness (QED) is 0.607. The summed E-state index contributed by atoms with van der Waals surface area (Å²) in [4.78, 5) is 15.0. The van der Waals surface area contributed by atoms with Gasteiger partial charge in [0.2, 0.25) is 0 Å². The third kappa shape index (κ3) is 3.89. The SMILES string of the molecule is Cc1ccc(C=C2SC(=S)N(CCc3ccccc3)C2=O)cc1. The van der Waals surface area contributed by atoms with Gasteiger partial charge in [0.1, 0.15) is 4.32 Å². The Balaban J connectivity index is 1.71. The van der Waals surface area contributed by atoms with E-state index < -0.39 is 0 Å². The maximum absolute atomic E-state index is 12.6. The van der Waals surface area contributed by atoms with Crippen molar-refractivity contribution in [2.24, 2.45) is 0 Å². The van der Waals surface area contributed by atoms with Crippen LogP contribution >= 0.6 is 24.0 Å². The molecule has 0 aliphatic carbocycles. The molecule has 1 fully saturated rings. The minimum absolute atomic E-state index is 0.0107. The summed E-state index contributed by atoms with van der Waals surface area (Å²) in [6, 6.07) is 18.3. The van der Waals surface area contributed by atoms with Crippen LogP contribution in [0.1, 0.15) is 16.7 Å². The number of carbonyl (C=O) groups is 1. The summed E-state index contributed by atoms with van der Waals surface area (Å²) in [6.45, 7) is 2.67. The van der Waals surface area contributed by atoms with Gasteiger partial charge in [-0.3, -0.25) is 9.69 Å². The molecule has 2 aromatic carbocycles. The van der Waals surface area contributed by atoms with Crippen molar-refractivity contribution in [3.63, 3.8) is 0 Å². The smallest absolute Gasteiger partial charge is 0.266 e. The van der Waals surface area contributed by atoms with Gasteiger partial charge in [0, 0.05) is 6.54 Å². The molecule has 0 radical (unpaired) electrons. The van der Waals surface area contributed by atoms with Crippen LogP contribution in [0.4, 0.5) is 0 Å². The van der Waals surface area contributed by atoms with E-state index in [1.54, 1.807) is 4.90 Å². The molecular formula is C19H17NOS2.